The highest BCUT2D eigenvalue weighted by atomic mass is 79.9. The second-order valence-corrected chi connectivity index (χ2v) is 10.4. The van der Waals surface area contributed by atoms with Crippen molar-refractivity contribution in [3.63, 3.8) is 0 Å². The molecule has 0 atom stereocenters. The second kappa shape index (κ2) is 8.13. The summed E-state index contributed by atoms with van der Waals surface area (Å²) in [5, 5.41) is 11.1. The Morgan fingerprint density at radius 2 is 1.60 bits per heavy atom. The number of fused-ring (bicyclic) bond motifs is 1. The van der Waals surface area contributed by atoms with Gasteiger partial charge in [-0.25, -0.2) is 8.42 Å². The van der Waals surface area contributed by atoms with Gasteiger partial charge in [0.1, 0.15) is 6.54 Å². The summed E-state index contributed by atoms with van der Waals surface area (Å²) in [4.78, 5) is 12.0. The Morgan fingerprint density at radius 1 is 0.967 bits per heavy atom. The topological polar surface area (TPSA) is 74.7 Å². The number of benzene rings is 3. The van der Waals surface area contributed by atoms with Crippen LogP contribution in [-0.2, 0) is 20.4 Å². The van der Waals surface area contributed by atoms with Gasteiger partial charge in [-0.2, -0.15) is 4.31 Å². The van der Waals surface area contributed by atoms with Crippen molar-refractivity contribution in [3.05, 3.63) is 76.8 Å². The van der Waals surface area contributed by atoms with Crippen LogP contribution in [0.4, 0.5) is 0 Å². The Labute approximate surface area is 184 Å². The maximum Gasteiger partial charge on any atom is 0.318 e. The smallest absolute Gasteiger partial charge is 0.318 e. The minimum absolute atomic E-state index is 0.144. The minimum Gasteiger partial charge on any atom is -0.480 e. The summed E-state index contributed by atoms with van der Waals surface area (Å²) in [5.41, 5.74) is -0.0530. The Balaban J connectivity index is 1.93. The Hall–Kier alpha value is -2.22. The molecule has 0 bridgehead atoms. The van der Waals surface area contributed by atoms with E-state index in [1.165, 1.54) is 4.31 Å². The molecule has 0 aromatic heterocycles. The fourth-order valence-electron chi connectivity index (χ4n) is 4.53. The highest BCUT2D eigenvalue weighted by Gasteiger charge is 2.48. The summed E-state index contributed by atoms with van der Waals surface area (Å²) in [6.07, 6.45) is 2.87. The molecule has 3 aromatic carbocycles. The molecule has 0 unspecified atom stereocenters. The van der Waals surface area contributed by atoms with Crippen molar-refractivity contribution in [1.82, 2.24) is 4.31 Å². The lowest BCUT2D eigenvalue weighted by Crippen LogP contribution is -2.50. The summed E-state index contributed by atoms with van der Waals surface area (Å²) in [6, 6.07) is 19.9. The second-order valence-electron chi connectivity index (χ2n) is 7.63. The first-order valence-electron chi connectivity index (χ1n) is 9.83. The molecule has 0 spiro atoms. The Bertz CT molecular complexity index is 1180. The zero-order valence-electron chi connectivity index (χ0n) is 16.3. The number of nitrogens with zero attached hydrogens (tertiary/aromatic N) is 1. The summed E-state index contributed by atoms with van der Waals surface area (Å²) in [7, 11) is -4.08. The van der Waals surface area contributed by atoms with E-state index >= 15 is 0 Å². The highest BCUT2D eigenvalue weighted by Crippen LogP contribution is 2.47. The van der Waals surface area contributed by atoms with Crippen molar-refractivity contribution in [2.24, 2.45) is 0 Å². The van der Waals surface area contributed by atoms with Crippen molar-refractivity contribution >= 4 is 42.7 Å². The molecule has 3 aromatic rings. The monoisotopic (exact) mass is 487 g/mol. The number of hydrogen-bond acceptors (Lipinski definition) is 3. The van der Waals surface area contributed by atoms with Crippen LogP contribution in [0.1, 0.15) is 31.2 Å². The maximum absolute atomic E-state index is 14.0. The van der Waals surface area contributed by atoms with Crippen LogP contribution in [0.3, 0.4) is 0 Å². The van der Waals surface area contributed by atoms with Gasteiger partial charge < -0.3 is 5.11 Å². The lowest BCUT2D eigenvalue weighted by molar-refractivity contribution is -0.138. The number of hydrogen-bond donors (Lipinski definition) is 1. The van der Waals surface area contributed by atoms with E-state index in [4.69, 9.17) is 0 Å². The molecular weight excluding hydrogens is 466 g/mol. The van der Waals surface area contributed by atoms with Gasteiger partial charge in [-0.05, 0) is 42.0 Å². The van der Waals surface area contributed by atoms with Gasteiger partial charge in [0.2, 0.25) is 10.0 Å². The van der Waals surface area contributed by atoms with Crippen molar-refractivity contribution in [2.75, 3.05) is 6.54 Å². The average Bonchev–Trinajstić information content (AvgIpc) is 3.22. The number of carboxylic acids is 1. The summed E-state index contributed by atoms with van der Waals surface area (Å²) < 4.78 is 30.0. The largest absolute Gasteiger partial charge is 0.480 e. The van der Waals surface area contributed by atoms with Gasteiger partial charge in [0.15, 0.2) is 0 Å². The zero-order valence-corrected chi connectivity index (χ0v) is 18.7. The van der Waals surface area contributed by atoms with E-state index in [1.807, 2.05) is 42.5 Å². The molecule has 30 heavy (non-hydrogen) atoms. The van der Waals surface area contributed by atoms with Crippen LogP contribution in [0.15, 0.2) is 76.1 Å². The number of sulfonamides is 1. The Kier molecular flexibility index (Phi) is 5.70. The van der Waals surface area contributed by atoms with Crippen molar-refractivity contribution in [2.45, 2.75) is 36.1 Å². The molecule has 5 nitrogen and oxygen atoms in total. The van der Waals surface area contributed by atoms with Crippen molar-refractivity contribution in [3.8, 4) is 0 Å². The third-order valence-corrected chi connectivity index (χ3v) is 8.39. The third kappa shape index (κ3) is 3.66. The summed E-state index contributed by atoms with van der Waals surface area (Å²) in [6.45, 7) is -0.582. The average molecular weight is 488 g/mol. The van der Waals surface area contributed by atoms with Gasteiger partial charge in [0.25, 0.3) is 0 Å². The number of rotatable bonds is 6. The van der Waals surface area contributed by atoms with E-state index in [1.54, 1.807) is 24.3 Å². The third-order valence-electron chi connectivity index (χ3n) is 5.89. The van der Waals surface area contributed by atoms with E-state index in [0.717, 1.165) is 28.3 Å². The fraction of sp³-hybridized carbons (Fsp3) is 0.261. The molecule has 0 heterocycles. The molecule has 1 aliphatic carbocycles. The molecule has 0 amide bonds. The van der Waals surface area contributed by atoms with Crippen LogP contribution in [0.5, 0.6) is 0 Å². The first-order chi connectivity index (χ1) is 14.3. The zero-order chi connectivity index (χ0) is 21.4. The maximum atomic E-state index is 14.0. The minimum atomic E-state index is -4.08. The molecule has 156 valence electrons. The molecule has 1 N–H and O–H groups in total. The first kappa shape index (κ1) is 21.0. The molecule has 0 saturated heterocycles. The fourth-order valence-corrected chi connectivity index (χ4v) is 6.78. The van der Waals surface area contributed by atoms with E-state index in [0.29, 0.717) is 18.2 Å². The standard InChI is InChI=1S/C23H22BrNO4S/c24-19-12-10-18(11-13-19)23(14-3-4-15-23)25(16-22(26)27)30(28,29)21-9-5-7-17-6-1-2-8-20(17)21/h1-2,5-13H,3-4,14-16H2,(H,26,27). The van der Waals surface area contributed by atoms with Crippen LogP contribution in [0.25, 0.3) is 10.8 Å². The highest BCUT2D eigenvalue weighted by molar-refractivity contribution is 9.10. The van der Waals surface area contributed by atoms with E-state index in [2.05, 4.69) is 15.9 Å². The van der Waals surface area contributed by atoms with Gasteiger partial charge in [-0.1, -0.05) is 77.3 Å². The van der Waals surface area contributed by atoms with E-state index in [9.17, 15) is 18.3 Å². The quantitative estimate of drug-likeness (QED) is 0.521. The Morgan fingerprint density at radius 3 is 2.27 bits per heavy atom. The predicted octanol–water partition coefficient (Wildman–Crippen LogP) is 5.15. The normalized spacial score (nSPS) is 16.2. The summed E-state index contributed by atoms with van der Waals surface area (Å²) in [5.74, 6) is -1.16. The molecule has 4 rings (SSSR count). The molecule has 0 radical (unpaired) electrons. The number of carbonyl (C=O) groups is 1. The van der Waals surface area contributed by atoms with Gasteiger partial charge in [-0.15, -0.1) is 0 Å². The number of carboxylic acid groups (broad SMARTS) is 1. The predicted molar refractivity (Wildman–Crippen MR) is 120 cm³/mol. The lowest BCUT2D eigenvalue weighted by atomic mass is 9.88. The lowest BCUT2D eigenvalue weighted by Gasteiger charge is -2.40. The number of aliphatic carboxylic acids is 1. The van der Waals surface area contributed by atoms with Crippen LogP contribution in [0.2, 0.25) is 0 Å². The van der Waals surface area contributed by atoms with E-state index in [-0.39, 0.29) is 4.90 Å². The first-order valence-corrected chi connectivity index (χ1v) is 12.1. The number of halogens is 1. The van der Waals surface area contributed by atoms with Gasteiger partial charge >= 0.3 is 5.97 Å². The van der Waals surface area contributed by atoms with Crippen molar-refractivity contribution in [1.29, 1.82) is 0 Å². The molecule has 1 saturated carbocycles. The summed E-state index contributed by atoms with van der Waals surface area (Å²) >= 11 is 3.43. The van der Waals surface area contributed by atoms with E-state index < -0.39 is 28.1 Å². The molecule has 0 aliphatic heterocycles. The molecule has 1 fully saturated rings. The molecule has 7 heteroatoms. The van der Waals surface area contributed by atoms with Crippen LogP contribution in [0, 0.1) is 0 Å². The van der Waals surface area contributed by atoms with Crippen LogP contribution >= 0.6 is 15.9 Å². The van der Waals surface area contributed by atoms with Crippen LogP contribution in [-0.4, -0.2) is 30.3 Å². The van der Waals surface area contributed by atoms with Crippen molar-refractivity contribution < 1.29 is 18.3 Å². The molecular formula is C23H22BrNO4S. The van der Waals surface area contributed by atoms with Gasteiger partial charge in [0.05, 0.1) is 10.4 Å². The van der Waals surface area contributed by atoms with Gasteiger partial charge in [-0.3, -0.25) is 4.79 Å². The van der Waals surface area contributed by atoms with Gasteiger partial charge in [0, 0.05) is 9.86 Å². The van der Waals surface area contributed by atoms with Crippen LogP contribution < -0.4 is 0 Å². The molecule has 1 aliphatic rings. The SMILES string of the molecule is O=C(O)CN(C1(c2ccc(Br)cc2)CCCC1)S(=O)(=O)c1cccc2ccccc12.